The van der Waals surface area contributed by atoms with Crippen LogP contribution in [0.25, 0.3) is 6.08 Å². The highest BCUT2D eigenvalue weighted by Gasteiger charge is 2.31. The Morgan fingerprint density at radius 2 is 2.14 bits per heavy atom. The molecule has 0 bridgehead atoms. The van der Waals surface area contributed by atoms with Crippen molar-refractivity contribution >= 4 is 40.3 Å². The average molecular weight is 321 g/mol. The van der Waals surface area contributed by atoms with Crippen LogP contribution in [0.1, 0.15) is 5.56 Å². The molecular formula is C15H15NO3S2. The Kier molecular flexibility index (Phi) is 5.03. The van der Waals surface area contributed by atoms with Gasteiger partial charge in [0.05, 0.1) is 19.1 Å². The van der Waals surface area contributed by atoms with Crippen LogP contribution in [0, 0.1) is 0 Å². The molecule has 0 saturated carbocycles. The molecule has 6 heteroatoms. The molecule has 21 heavy (non-hydrogen) atoms. The van der Waals surface area contributed by atoms with E-state index in [1.807, 2.05) is 12.1 Å². The fourth-order valence-corrected chi connectivity index (χ4v) is 3.22. The fraction of sp³-hybridized carbons (Fsp3) is 0.200. The fourth-order valence-electron chi connectivity index (χ4n) is 1.95. The number of carbonyl (C=O) groups is 1. The van der Waals surface area contributed by atoms with E-state index in [4.69, 9.17) is 21.7 Å². The number of methoxy groups -OCH3 is 2. The van der Waals surface area contributed by atoms with Crippen LogP contribution in [0.3, 0.4) is 0 Å². The van der Waals surface area contributed by atoms with E-state index in [2.05, 4.69) is 6.58 Å². The normalized spacial score (nSPS) is 16.5. The van der Waals surface area contributed by atoms with Crippen LogP contribution in [0.4, 0.5) is 0 Å². The topological polar surface area (TPSA) is 38.8 Å². The molecule has 1 saturated heterocycles. The standard InChI is InChI=1S/C15H15NO3S2/c1-4-8-16-14(17)12(21-15(16)20)9-10-6-5-7-11(18-2)13(10)19-3/h4-7,9H,1,8H2,2-3H3/b12-9-. The number of para-hydroxylation sites is 1. The summed E-state index contributed by atoms with van der Waals surface area (Å²) >= 11 is 6.48. The maximum Gasteiger partial charge on any atom is 0.266 e. The first kappa shape index (κ1) is 15.6. The van der Waals surface area contributed by atoms with Crippen molar-refractivity contribution in [2.75, 3.05) is 20.8 Å². The Balaban J connectivity index is 2.39. The molecule has 1 aromatic rings. The van der Waals surface area contributed by atoms with Crippen molar-refractivity contribution in [1.29, 1.82) is 0 Å². The summed E-state index contributed by atoms with van der Waals surface area (Å²) in [5, 5.41) is 0. The monoisotopic (exact) mass is 321 g/mol. The Hall–Kier alpha value is -1.79. The summed E-state index contributed by atoms with van der Waals surface area (Å²) in [7, 11) is 3.14. The van der Waals surface area contributed by atoms with Gasteiger partial charge in [-0.3, -0.25) is 9.69 Å². The number of thiocarbonyl (C=S) groups is 1. The predicted octanol–water partition coefficient (Wildman–Crippen LogP) is 3.09. The molecular weight excluding hydrogens is 306 g/mol. The van der Waals surface area contributed by atoms with Crippen LogP contribution in [-0.2, 0) is 4.79 Å². The quantitative estimate of drug-likeness (QED) is 0.473. The van der Waals surface area contributed by atoms with Crippen molar-refractivity contribution in [1.82, 2.24) is 4.90 Å². The molecule has 0 N–H and O–H groups in total. The lowest BCUT2D eigenvalue weighted by molar-refractivity contribution is -0.121. The number of rotatable bonds is 5. The van der Waals surface area contributed by atoms with Crippen LogP contribution < -0.4 is 9.47 Å². The third kappa shape index (κ3) is 3.11. The summed E-state index contributed by atoms with van der Waals surface area (Å²) in [5.74, 6) is 1.09. The van der Waals surface area contributed by atoms with Crippen molar-refractivity contribution in [3.05, 3.63) is 41.3 Å². The smallest absolute Gasteiger partial charge is 0.266 e. The predicted molar refractivity (Wildman–Crippen MR) is 89.6 cm³/mol. The zero-order valence-electron chi connectivity index (χ0n) is 11.8. The summed E-state index contributed by atoms with van der Waals surface area (Å²) < 4.78 is 11.2. The van der Waals surface area contributed by atoms with Gasteiger partial charge in [-0.05, 0) is 12.1 Å². The second kappa shape index (κ2) is 6.78. The zero-order chi connectivity index (χ0) is 15.4. The number of benzene rings is 1. The molecule has 1 aliphatic heterocycles. The van der Waals surface area contributed by atoms with E-state index in [1.54, 1.807) is 32.4 Å². The summed E-state index contributed by atoms with van der Waals surface area (Å²) in [6, 6.07) is 5.51. The van der Waals surface area contributed by atoms with Gasteiger partial charge >= 0.3 is 0 Å². The second-order valence-electron chi connectivity index (χ2n) is 4.16. The number of carbonyl (C=O) groups excluding carboxylic acids is 1. The first-order valence-electron chi connectivity index (χ1n) is 6.19. The molecule has 0 spiro atoms. The Bertz CT molecular complexity index is 625. The number of hydrogen-bond donors (Lipinski definition) is 0. The molecule has 0 atom stereocenters. The highest BCUT2D eigenvalue weighted by atomic mass is 32.2. The van der Waals surface area contributed by atoms with Gasteiger partial charge in [-0.2, -0.15) is 0 Å². The summed E-state index contributed by atoms with van der Waals surface area (Å²) in [5.41, 5.74) is 0.774. The Morgan fingerprint density at radius 3 is 2.76 bits per heavy atom. The summed E-state index contributed by atoms with van der Waals surface area (Å²) in [4.78, 5) is 14.4. The molecule has 0 unspecified atom stereocenters. The molecule has 0 aliphatic carbocycles. The van der Waals surface area contributed by atoms with Crippen molar-refractivity contribution in [2.45, 2.75) is 0 Å². The van der Waals surface area contributed by atoms with Crippen LogP contribution in [0.2, 0.25) is 0 Å². The molecule has 1 fully saturated rings. The first-order valence-corrected chi connectivity index (χ1v) is 7.42. The lowest BCUT2D eigenvalue weighted by Crippen LogP contribution is -2.27. The summed E-state index contributed by atoms with van der Waals surface area (Å²) in [6.07, 6.45) is 3.42. The number of ether oxygens (including phenoxy) is 2. The van der Waals surface area contributed by atoms with Crippen LogP contribution in [0.15, 0.2) is 35.8 Å². The first-order chi connectivity index (χ1) is 10.1. The Labute approximate surface area is 133 Å². The van der Waals surface area contributed by atoms with E-state index < -0.39 is 0 Å². The molecule has 1 aliphatic rings. The van der Waals surface area contributed by atoms with Gasteiger partial charge in [0, 0.05) is 12.1 Å². The number of nitrogens with zero attached hydrogens (tertiary/aromatic N) is 1. The molecule has 110 valence electrons. The molecule has 0 aromatic heterocycles. The molecule has 1 aromatic carbocycles. The molecule has 1 heterocycles. The number of hydrogen-bond acceptors (Lipinski definition) is 5. The Morgan fingerprint density at radius 1 is 1.38 bits per heavy atom. The van der Waals surface area contributed by atoms with E-state index in [-0.39, 0.29) is 5.91 Å². The molecule has 1 amide bonds. The lowest BCUT2D eigenvalue weighted by atomic mass is 10.1. The highest BCUT2D eigenvalue weighted by molar-refractivity contribution is 8.26. The van der Waals surface area contributed by atoms with Gasteiger partial charge in [0.15, 0.2) is 11.5 Å². The van der Waals surface area contributed by atoms with Crippen molar-refractivity contribution in [2.24, 2.45) is 0 Å². The van der Waals surface area contributed by atoms with Gasteiger partial charge < -0.3 is 9.47 Å². The SMILES string of the molecule is C=CCN1C(=O)/C(=C/c2cccc(OC)c2OC)SC1=S. The van der Waals surface area contributed by atoms with Crippen LogP contribution in [0.5, 0.6) is 11.5 Å². The zero-order valence-corrected chi connectivity index (χ0v) is 13.4. The van der Waals surface area contributed by atoms with Gasteiger partial charge in [0.2, 0.25) is 0 Å². The van der Waals surface area contributed by atoms with Crippen molar-refractivity contribution < 1.29 is 14.3 Å². The highest BCUT2D eigenvalue weighted by Crippen LogP contribution is 2.37. The minimum atomic E-state index is -0.116. The third-order valence-electron chi connectivity index (χ3n) is 2.91. The lowest BCUT2D eigenvalue weighted by Gasteiger charge is -2.11. The summed E-state index contributed by atoms with van der Waals surface area (Å²) in [6.45, 7) is 4.05. The van der Waals surface area contributed by atoms with Gasteiger partial charge in [-0.25, -0.2) is 0 Å². The van der Waals surface area contributed by atoms with Gasteiger partial charge in [0.25, 0.3) is 5.91 Å². The number of thioether (sulfide) groups is 1. The molecule has 0 radical (unpaired) electrons. The maximum atomic E-state index is 12.3. The third-order valence-corrected chi connectivity index (χ3v) is 4.28. The van der Waals surface area contributed by atoms with Gasteiger partial charge in [0.1, 0.15) is 4.32 Å². The van der Waals surface area contributed by atoms with E-state index in [0.717, 1.165) is 5.56 Å². The van der Waals surface area contributed by atoms with Crippen LogP contribution in [-0.4, -0.2) is 35.9 Å². The van der Waals surface area contributed by atoms with E-state index in [9.17, 15) is 4.79 Å². The van der Waals surface area contributed by atoms with Gasteiger partial charge in [-0.15, -0.1) is 6.58 Å². The van der Waals surface area contributed by atoms with Crippen molar-refractivity contribution in [3.63, 3.8) is 0 Å². The molecule has 2 rings (SSSR count). The minimum Gasteiger partial charge on any atom is -0.493 e. The van der Waals surface area contributed by atoms with Crippen molar-refractivity contribution in [3.8, 4) is 11.5 Å². The largest absolute Gasteiger partial charge is 0.493 e. The maximum absolute atomic E-state index is 12.3. The van der Waals surface area contributed by atoms with E-state index >= 15 is 0 Å². The van der Waals surface area contributed by atoms with Crippen LogP contribution >= 0.6 is 24.0 Å². The van der Waals surface area contributed by atoms with E-state index in [0.29, 0.717) is 27.3 Å². The average Bonchev–Trinajstić information content (AvgIpc) is 2.75. The minimum absolute atomic E-state index is 0.116. The van der Waals surface area contributed by atoms with E-state index in [1.165, 1.54) is 16.7 Å². The second-order valence-corrected chi connectivity index (χ2v) is 5.84. The van der Waals surface area contributed by atoms with Gasteiger partial charge in [-0.1, -0.05) is 42.2 Å². The molecule has 4 nitrogen and oxygen atoms in total. The number of amides is 1.